The second-order valence-corrected chi connectivity index (χ2v) is 9.34. The van der Waals surface area contributed by atoms with Crippen LogP contribution in [0.2, 0.25) is 4.34 Å². The fraction of sp³-hybridized carbons (Fsp3) is 0.304. The van der Waals surface area contributed by atoms with Gasteiger partial charge in [-0.25, -0.2) is 13.8 Å². The predicted octanol–water partition coefficient (Wildman–Crippen LogP) is 4.59. The van der Waals surface area contributed by atoms with Crippen molar-refractivity contribution in [2.45, 2.75) is 12.5 Å². The summed E-state index contributed by atoms with van der Waals surface area (Å²) in [7, 11) is 0. The van der Waals surface area contributed by atoms with Crippen LogP contribution in [0, 0.1) is 11.6 Å². The zero-order valence-corrected chi connectivity index (χ0v) is 18.4. The number of hydrogen-bond donors (Lipinski definition) is 0. The zero-order chi connectivity index (χ0) is 21.8. The van der Waals surface area contributed by atoms with Gasteiger partial charge in [0.1, 0.15) is 21.0 Å². The van der Waals surface area contributed by atoms with E-state index in [9.17, 15) is 13.6 Å². The second-order valence-electron chi connectivity index (χ2n) is 7.59. The first-order valence-electron chi connectivity index (χ1n) is 10.1. The molecule has 0 atom stereocenters. The third-order valence-electron chi connectivity index (χ3n) is 5.42. The Labute approximate surface area is 189 Å². The van der Waals surface area contributed by atoms with Crippen LogP contribution >= 0.6 is 22.9 Å². The Kier molecular flexibility index (Phi) is 7.07. The molecule has 1 saturated heterocycles. The van der Waals surface area contributed by atoms with Gasteiger partial charge in [0.15, 0.2) is 5.78 Å². The van der Waals surface area contributed by atoms with Gasteiger partial charge < -0.3 is 0 Å². The number of ketones is 1. The Morgan fingerprint density at radius 2 is 1.52 bits per heavy atom. The van der Waals surface area contributed by atoms with E-state index in [0.29, 0.717) is 17.3 Å². The Morgan fingerprint density at radius 3 is 2.00 bits per heavy atom. The van der Waals surface area contributed by atoms with Crippen molar-refractivity contribution in [2.24, 2.45) is 0 Å². The zero-order valence-electron chi connectivity index (χ0n) is 16.8. The molecular weight excluding hydrogens is 440 g/mol. The Balaban J connectivity index is 1.42. The molecule has 0 unspecified atom stereocenters. The van der Waals surface area contributed by atoms with Gasteiger partial charge in [0, 0.05) is 26.2 Å². The van der Waals surface area contributed by atoms with Crippen molar-refractivity contribution in [3.63, 3.8) is 0 Å². The number of nitrogens with zero attached hydrogens (tertiary/aromatic N) is 3. The molecule has 162 valence electrons. The molecule has 4 rings (SSSR count). The molecule has 0 aliphatic carbocycles. The van der Waals surface area contributed by atoms with Crippen LogP contribution in [-0.4, -0.2) is 53.3 Å². The van der Waals surface area contributed by atoms with Crippen LogP contribution in [-0.2, 0) is 11.2 Å². The third-order valence-corrected chi connectivity index (χ3v) is 6.53. The largest absolute Gasteiger partial charge is 0.298 e. The normalized spacial score (nSPS) is 15.5. The van der Waals surface area contributed by atoms with Gasteiger partial charge in [0.2, 0.25) is 0 Å². The molecule has 0 amide bonds. The van der Waals surface area contributed by atoms with E-state index in [1.807, 2.05) is 0 Å². The fourth-order valence-corrected chi connectivity index (χ4v) is 4.91. The molecule has 2 heterocycles. The molecule has 2 aromatic carbocycles. The Hall–Kier alpha value is -2.19. The summed E-state index contributed by atoms with van der Waals surface area (Å²) >= 11 is 7.22. The molecule has 31 heavy (non-hydrogen) atoms. The Bertz CT molecular complexity index is 973. The number of Topliss-reactive ketones (excluding diaryl/α,β-unsaturated/α-hetero) is 1. The SMILES string of the molecule is O=C(Cc1ncc(Cl)s1)CN1CCN(C(c2ccc(F)cc2)c2ccc(F)cc2)CC1. The molecule has 0 spiro atoms. The third kappa shape index (κ3) is 5.74. The highest BCUT2D eigenvalue weighted by Gasteiger charge is 2.27. The summed E-state index contributed by atoms with van der Waals surface area (Å²) < 4.78 is 27.5. The standard InChI is InChI=1S/C23H22ClF2N3OS/c24-21-14-27-22(31-21)13-20(30)15-28-9-11-29(12-10-28)23(16-1-5-18(25)6-2-16)17-3-7-19(26)8-4-17/h1-8,14,23H,9-13,15H2. The molecule has 0 bridgehead atoms. The lowest BCUT2D eigenvalue weighted by molar-refractivity contribution is -0.120. The van der Waals surface area contributed by atoms with Crippen LogP contribution in [0.25, 0.3) is 0 Å². The molecule has 0 N–H and O–H groups in total. The van der Waals surface area contributed by atoms with Crippen LogP contribution in [0.5, 0.6) is 0 Å². The number of carbonyl (C=O) groups is 1. The lowest BCUT2D eigenvalue weighted by Gasteiger charge is -2.39. The number of rotatable bonds is 7. The quantitative estimate of drug-likeness (QED) is 0.515. The van der Waals surface area contributed by atoms with Gasteiger partial charge in [0.25, 0.3) is 0 Å². The number of aromatic nitrogens is 1. The highest BCUT2D eigenvalue weighted by atomic mass is 35.5. The van der Waals surface area contributed by atoms with Gasteiger partial charge in [-0.2, -0.15) is 0 Å². The first-order chi connectivity index (χ1) is 15.0. The van der Waals surface area contributed by atoms with Crippen LogP contribution < -0.4 is 0 Å². The minimum Gasteiger partial charge on any atom is -0.298 e. The molecule has 1 aliphatic rings. The number of thiazole rings is 1. The van der Waals surface area contributed by atoms with Crippen molar-refractivity contribution in [1.82, 2.24) is 14.8 Å². The van der Waals surface area contributed by atoms with E-state index < -0.39 is 0 Å². The fourth-order valence-electron chi connectivity index (χ4n) is 3.93. The van der Waals surface area contributed by atoms with Gasteiger partial charge in [-0.3, -0.25) is 14.6 Å². The van der Waals surface area contributed by atoms with Gasteiger partial charge in [-0.15, -0.1) is 11.3 Å². The molecule has 1 aromatic heterocycles. The average Bonchev–Trinajstić information content (AvgIpc) is 3.16. The molecule has 0 saturated carbocycles. The number of hydrogen-bond acceptors (Lipinski definition) is 5. The molecular formula is C23H22ClF2N3OS. The first-order valence-corrected chi connectivity index (χ1v) is 11.3. The highest BCUT2D eigenvalue weighted by molar-refractivity contribution is 7.15. The van der Waals surface area contributed by atoms with Gasteiger partial charge >= 0.3 is 0 Å². The highest BCUT2D eigenvalue weighted by Crippen LogP contribution is 2.30. The minimum absolute atomic E-state index is 0.100. The smallest absolute Gasteiger partial charge is 0.153 e. The number of halogens is 3. The molecule has 1 aliphatic heterocycles. The van der Waals surface area contributed by atoms with E-state index in [-0.39, 0.29) is 23.5 Å². The molecule has 3 aromatic rings. The van der Waals surface area contributed by atoms with E-state index in [2.05, 4.69) is 14.8 Å². The van der Waals surface area contributed by atoms with Crippen LogP contribution in [0.4, 0.5) is 8.78 Å². The van der Waals surface area contributed by atoms with E-state index in [1.54, 1.807) is 30.5 Å². The maximum Gasteiger partial charge on any atom is 0.153 e. The summed E-state index contributed by atoms with van der Waals surface area (Å²) in [5, 5.41) is 0.737. The van der Waals surface area contributed by atoms with Crippen LogP contribution in [0.3, 0.4) is 0 Å². The summed E-state index contributed by atoms with van der Waals surface area (Å²) in [5.41, 5.74) is 1.91. The molecule has 4 nitrogen and oxygen atoms in total. The van der Waals surface area contributed by atoms with Gasteiger partial charge in [-0.05, 0) is 35.4 Å². The predicted molar refractivity (Wildman–Crippen MR) is 118 cm³/mol. The number of piperazine rings is 1. The van der Waals surface area contributed by atoms with Crippen molar-refractivity contribution >= 4 is 28.7 Å². The van der Waals surface area contributed by atoms with Crippen molar-refractivity contribution in [1.29, 1.82) is 0 Å². The van der Waals surface area contributed by atoms with Crippen molar-refractivity contribution in [3.05, 3.63) is 86.8 Å². The number of carbonyl (C=O) groups excluding carboxylic acids is 1. The van der Waals surface area contributed by atoms with Crippen molar-refractivity contribution < 1.29 is 13.6 Å². The first kappa shape index (κ1) is 22.0. The Morgan fingerprint density at radius 1 is 0.968 bits per heavy atom. The van der Waals surface area contributed by atoms with Crippen LogP contribution in [0.15, 0.2) is 54.7 Å². The van der Waals surface area contributed by atoms with E-state index >= 15 is 0 Å². The summed E-state index contributed by atoms with van der Waals surface area (Å²) in [6, 6.07) is 12.8. The maximum atomic E-state index is 13.5. The van der Waals surface area contributed by atoms with Crippen LogP contribution in [0.1, 0.15) is 22.2 Å². The molecule has 8 heteroatoms. The van der Waals surface area contributed by atoms with E-state index in [4.69, 9.17) is 11.6 Å². The second kappa shape index (κ2) is 9.96. The summed E-state index contributed by atoms with van der Waals surface area (Å²) in [6.45, 7) is 3.35. The van der Waals surface area contributed by atoms with E-state index in [0.717, 1.165) is 42.3 Å². The van der Waals surface area contributed by atoms with Gasteiger partial charge in [-0.1, -0.05) is 35.9 Å². The average molecular weight is 462 g/mol. The molecule has 1 fully saturated rings. The monoisotopic (exact) mass is 461 g/mol. The van der Waals surface area contributed by atoms with E-state index in [1.165, 1.54) is 35.6 Å². The lowest BCUT2D eigenvalue weighted by Crippen LogP contribution is -2.49. The maximum absolute atomic E-state index is 13.5. The topological polar surface area (TPSA) is 36.4 Å². The minimum atomic E-state index is -0.286. The van der Waals surface area contributed by atoms with Gasteiger partial charge in [0.05, 0.1) is 25.2 Å². The molecule has 0 radical (unpaired) electrons. The summed E-state index contributed by atoms with van der Waals surface area (Å²) in [4.78, 5) is 21.0. The van der Waals surface area contributed by atoms with Crippen molar-refractivity contribution in [2.75, 3.05) is 32.7 Å². The van der Waals surface area contributed by atoms with Crippen molar-refractivity contribution in [3.8, 4) is 0 Å². The summed E-state index contributed by atoms with van der Waals surface area (Å²) in [5.74, 6) is -0.453. The summed E-state index contributed by atoms with van der Waals surface area (Å²) in [6.07, 6.45) is 1.87. The lowest BCUT2D eigenvalue weighted by atomic mass is 9.96. The number of benzene rings is 2.